The Balaban J connectivity index is 1.86. The van der Waals surface area contributed by atoms with Crippen LogP contribution < -0.4 is 10.1 Å². The molecule has 0 spiro atoms. The molecular weight excluding hydrogens is 474 g/mol. The van der Waals surface area contributed by atoms with Crippen molar-refractivity contribution in [2.24, 2.45) is 11.8 Å². The topological polar surface area (TPSA) is 58.6 Å². The molecule has 37 heavy (non-hydrogen) atoms. The van der Waals surface area contributed by atoms with Gasteiger partial charge in [0.05, 0.1) is 12.7 Å². The molecule has 1 N–H and O–H groups in total. The number of ether oxygens (including phenoxy) is 1. The lowest BCUT2D eigenvalue weighted by Gasteiger charge is -2.43. The minimum absolute atomic E-state index is 0.0189. The van der Waals surface area contributed by atoms with Crippen LogP contribution in [0.15, 0.2) is 66.7 Å². The minimum atomic E-state index is -0.748. The molecule has 5 nitrogen and oxygen atoms in total. The van der Waals surface area contributed by atoms with Gasteiger partial charge in [0.15, 0.2) is 11.6 Å². The molecule has 1 heterocycles. The average Bonchev–Trinajstić information content (AvgIpc) is 2.92. The molecule has 0 aliphatic carbocycles. The minimum Gasteiger partial charge on any atom is -0.497 e. The highest BCUT2D eigenvalue weighted by atomic mass is 19.1. The van der Waals surface area contributed by atoms with Crippen LogP contribution in [0.4, 0.5) is 8.78 Å². The van der Waals surface area contributed by atoms with Crippen LogP contribution in [0.1, 0.15) is 37.8 Å². The molecule has 1 aliphatic heterocycles. The number of benzene rings is 3. The normalized spacial score (nSPS) is 20.0. The Kier molecular flexibility index (Phi) is 8.46. The Morgan fingerprint density at radius 3 is 2.32 bits per heavy atom. The quantitative estimate of drug-likeness (QED) is 0.419. The molecule has 194 valence electrons. The zero-order valence-corrected chi connectivity index (χ0v) is 21.3. The Labute approximate surface area is 216 Å². The van der Waals surface area contributed by atoms with Crippen LogP contribution in [0.3, 0.4) is 0 Å². The second-order valence-electron chi connectivity index (χ2n) is 9.50. The number of piperidine rings is 1. The van der Waals surface area contributed by atoms with Crippen LogP contribution in [0.2, 0.25) is 0 Å². The van der Waals surface area contributed by atoms with Crippen molar-refractivity contribution in [3.8, 4) is 5.75 Å². The lowest BCUT2D eigenvalue weighted by Crippen LogP contribution is -2.51. The number of hydrogen-bond acceptors (Lipinski definition) is 5. The van der Waals surface area contributed by atoms with Gasteiger partial charge in [-0.3, -0.25) is 9.59 Å². The number of likely N-dealkylation sites (tertiary alicyclic amines) is 1. The summed E-state index contributed by atoms with van der Waals surface area (Å²) in [4.78, 5) is 30.0. The number of methoxy groups -OCH3 is 1. The van der Waals surface area contributed by atoms with E-state index >= 15 is 0 Å². The molecule has 1 fully saturated rings. The van der Waals surface area contributed by atoms with Gasteiger partial charge in [-0.15, -0.1) is 0 Å². The molecule has 3 aromatic rings. The zero-order chi connectivity index (χ0) is 26.5. The number of hydrogen-bond donors (Lipinski definition) is 1. The number of nitrogens with zero attached hydrogens (tertiary/aromatic N) is 1. The van der Waals surface area contributed by atoms with Gasteiger partial charge in [-0.25, -0.2) is 8.78 Å². The third-order valence-corrected chi connectivity index (χ3v) is 7.29. The number of Topliss-reactive ketones (excluding diaryl/α,β-unsaturated/α-hetero) is 2. The summed E-state index contributed by atoms with van der Waals surface area (Å²) < 4.78 is 34.9. The molecule has 7 heteroatoms. The van der Waals surface area contributed by atoms with Gasteiger partial charge in [0, 0.05) is 49.5 Å². The first-order chi connectivity index (χ1) is 17.8. The highest BCUT2D eigenvalue weighted by Crippen LogP contribution is 2.42. The van der Waals surface area contributed by atoms with E-state index in [1.807, 2.05) is 7.05 Å². The predicted molar refractivity (Wildman–Crippen MR) is 139 cm³/mol. The first-order valence-corrected chi connectivity index (χ1v) is 12.4. The van der Waals surface area contributed by atoms with Crippen molar-refractivity contribution in [1.82, 2.24) is 10.2 Å². The van der Waals surface area contributed by atoms with E-state index in [0.717, 1.165) is 0 Å². The van der Waals surface area contributed by atoms with Crippen molar-refractivity contribution >= 4 is 11.6 Å². The second-order valence-corrected chi connectivity index (χ2v) is 9.50. The van der Waals surface area contributed by atoms with Crippen molar-refractivity contribution in [3.05, 3.63) is 101 Å². The lowest BCUT2D eigenvalue weighted by atomic mass is 9.67. The molecule has 1 aliphatic rings. The van der Waals surface area contributed by atoms with Crippen LogP contribution in [-0.4, -0.2) is 56.8 Å². The molecule has 3 aromatic carbocycles. The second kappa shape index (κ2) is 11.8. The summed E-state index contributed by atoms with van der Waals surface area (Å²) in [5, 5.41) is 3.11. The summed E-state index contributed by atoms with van der Waals surface area (Å²) >= 11 is 0. The van der Waals surface area contributed by atoms with E-state index in [1.54, 1.807) is 49.4 Å². The smallest absolute Gasteiger partial charge is 0.170 e. The van der Waals surface area contributed by atoms with Gasteiger partial charge in [-0.1, -0.05) is 36.4 Å². The van der Waals surface area contributed by atoms with Crippen molar-refractivity contribution in [2.75, 3.05) is 40.3 Å². The van der Waals surface area contributed by atoms with E-state index in [-0.39, 0.29) is 17.1 Å². The Hall–Kier alpha value is -3.42. The third-order valence-electron chi connectivity index (χ3n) is 7.29. The van der Waals surface area contributed by atoms with Crippen molar-refractivity contribution in [1.29, 1.82) is 0 Å². The van der Waals surface area contributed by atoms with Gasteiger partial charge in [0.1, 0.15) is 17.4 Å². The van der Waals surface area contributed by atoms with Gasteiger partial charge < -0.3 is 15.0 Å². The Morgan fingerprint density at radius 2 is 1.62 bits per heavy atom. The maximum absolute atomic E-state index is 14.8. The van der Waals surface area contributed by atoms with Crippen LogP contribution in [0.25, 0.3) is 0 Å². The van der Waals surface area contributed by atoms with Crippen molar-refractivity contribution in [3.63, 3.8) is 0 Å². The highest BCUT2D eigenvalue weighted by molar-refractivity contribution is 6.02. The van der Waals surface area contributed by atoms with E-state index in [0.29, 0.717) is 48.6 Å². The summed E-state index contributed by atoms with van der Waals surface area (Å²) in [5.74, 6) is -3.04. The fourth-order valence-corrected chi connectivity index (χ4v) is 5.35. The largest absolute Gasteiger partial charge is 0.497 e. The van der Waals surface area contributed by atoms with E-state index < -0.39 is 29.4 Å². The lowest BCUT2D eigenvalue weighted by molar-refractivity contribution is 0.0573. The molecule has 0 aromatic heterocycles. The number of halogens is 2. The maximum atomic E-state index is 14.8. The first kappa shape index (κ1) is 26.6. The van der Waals surface area contributed by atoms with Crippen LogP contribution >= 0.6 is 0 Å². The monoisotopic (exact) mass is 506 g/mol. The Morgan fingerprint density at radius 1 is 0.946 bits per heavy atom. The standard InChI is InChI=1S/C30H32F2N2O3/c1-19-22(11-7-13-26(19)31)28-24(29(35)20-8-6-9-21(16-20)37-3)17-34(15-14-33-2)18-25(28)30(36)23-10-4-5-12-27(23)32/h4-13,16,24-25,28,33H,14-15,17-18H2,1-3H3. The summed E-state index contributed by atoms with van der Waals surface area (Å²) in [7, 11) is 3.37. The molecule has 0 bridgehead atoms. The summed E-state index contributed by atoms with van der Waals surface area (Å²) in [6.45, 7) is 3.64. The molecule has 0 amide bonds. The predicted octanol–water partition coefficient (Wildman–Crippen LogP) is 4.90. The summed E-state index contributed by atoms with van der Waals surface area (Å²) in [6, 6.07) is 17.5. The first-order valence-electron chi connectivity index (χ1n) is 12.4. The van der Waals surface area contributed by atoms with E-state index in [1.165, 1.54) is 31.4 Å². The van der Waals surface area contributed by atoms with Gasteiger partial charge >= 0.3 is 0 Å². The fraction of sp³-hybridized carbons (Fsp3) is 0.333. The molecule has 0 saturated carbocycles. The molecule has 0 radical (unpaired) electrons. The molecule has 4 rings (SSSR count). The maximum Gasteiger partial charge on any atom is 0.170 e. The van der Waals surface area contributed by atoms with Gasteiger partial charge in [-0.2, -0.15) is 0 Å². The van der Waals surface area contributed by atoms with E-state index in [9.17, 15) is 18.4 Å². The summed E-state index contributed by atoms with van der Waals surface area (Å²) in [6.07, 6.45) is 0. The Bertz CT molecular complexity index is 1280. The number of rotatable bonds is 9. The highest BCUT2D eigenvalue weighted by Gasteiger charge is 2.45. The number of carbonyl (C=O) groups is 2. The van der Waals surface area contributed by atoms with Gasteiger partial charge in [-0.05, 0) is 55.4 Å². The van der Waals surface area contributed by atoms with Crippen LogP contribution in [0, 0.1) is 30.4 Å². The van der Waals surface area contributed by atoms with E-state index in [4.69, 9.17) is 4.74 Å². The third kappa shape index (κ3) is 5.63. The SMILES string of the molecule is CNCCN1CC(C(=O)c2cccc(OC)c2)C(c2cccc(F)c2C)C(C(=O)c2ccccc2F)C1. The van der Waals surface area contributed by atoms with Gasteiger partial charge in [0.25, 0.3) is 0 Å². The fourth-order valence-electron chi connectivity index (χ4n) is 5.35. The molecule has 3 atom stereocenters. The van der Waals surface area contributed by atoms with Crippen molar-refractivity contribution < 1.29 is 23.1 Å². The zero-order valence-electron chi connectivity index (χ0n) is 21.3. The summed E-state index contributed by atoms with van der Waals surface area (Å²) in [5.41, 5.74) is 1.43. The average molecular weight is 507 g/mol. The number of ketones is 2. The van der Waals surface area contributed by atoms with Crippen LogP contribution in [0.5, 0.6) is 5.75 Å². The molecular formula is C30H32F2N2O3. The number of carbonyl (C=O) groups excluding carboxylic acids is 2. The molecule has 3 unspecified atom stereocenters. The van der Waals surface area contributed by atoms with Crippen molar-refractivity contribution in [2.45, 2.75) is 12.8 Å². The van der Waals surface area contributed by atoms with Crippen LogP contribution in [-0.2, 0) is 0 Å². The number of nitrogens with one attached hydrogen (secondary N) is 1. The molecule has 1 saturated heterocycles. The van der Waals surface area contributed by atoms with E-state index in [2.05, 4.69) is 10.2 Å². The van der Waals surface area contributed by atoms with Gasteiger partial charge in [0.2, 0.25) is 0 Å². The number of likely N-dealkylation sites (N-methyl/N-ethyl adjacent to an activating group) is 1.